The van der Waals surface area contributed by atoms with E-state index in [9.17, 15) is 8.78 Å². The van der Waals surface area contributed by atoms with Crippen molar-refractivity contribution in [3.63, 3.8) is 0 Å². The zero-order valence-electron chi connectivity index (χ0n) is 10.1. The van der Waals surface area contributed by atoms with Gasteiger partial charge in [0.25, 0.3) is 0 Å². The lowest BCUT2D eigenvalue weighted by Gasteiger charge is -2.08. The maximum absolute atomic E-state index is 13.7. The summed E-state index contributed by atoms with van der Waals surface area (Å²) in [7, 11) is 0. The van der Waals surface area contributed by atoms with Crippen LogP contribution in [0.5, 0.6) is 5.75 Å². The molecule has 0 amide bonds. The molecule has 2 aromatic carbocycles. The van der Waals surface area contributed by atoms with E-state index in [4.69, 9.17) is 4.74 Å². The fraction of sp³-hybridized carbons (Fsp3) is 0.200. The second-order valence-corrected chi connectivity index (χ2v) is 3.97. The van der Waals surface area contributed by atoms with Crippen LogP contribution in [0.15, 0.2) is 42.5 Å². The average Bonchev–Trinajstić information content (AvgIpc) is 2.38. The van der Waals surface area contributed by atoms with E-state index in [2.05, 4.69) is 0 Å². The van der Waals surface area contributed by atoms with Crippen molar-refractivity contribution in [1.82, 2.24) is 0 Å². The average molecular weight is 248 g/mol. The number of hydrogen-bond donors (Lipinski definition) is 0. The van der Waals surface area contributed by atoms with Crippen LogP contribution in [0.4, 0.5) is 8.78 Å². The molecule has 0 aliphatic rings. The van der Waals surface area contributed by atoms with E-state index in [1.807, 2.05) is 6.92 Å². The Morgan fingerprint density at radius 3 is 2.44 bits per heavy atom. The molecule has 1 nitrogen and oxygen atoms in total. The Morgan fingerprint density at radius 2 is 1.78 bits per heavy atom. The van der Waals surface area contributed by atoms with Crippen LogP contribution >= 0.6 is 0 Å². The van der Waals surface area contributed by atoms with E-state index >= 15 is 0 Å². The van der Waals surface area contributed by atoms with Crippen molar-refractivity contribution in [3.8, 4) is 16.9 Å². The smallest absolute Gasteiger partial charge is 0.165 e. The topological polar surface area (TPSA) is 9.23 Å². The normalized spacial score (nSPS) is 10.4. The molecule has 0 aliphatic heterocycles. The molecule has 0 aromatic heterocycles. The lowest BCUT2D eigenvalue weighted by Crippen LogP contribution is -1.97. The molecule has 0 radical (unpaired) electrons. The van der Waals surface area contributed by atoms with Crippen LogP contribution in [0.2, 0.25) is 0 Å². The SMILES string of the molecule is CCCOc1ccc(-c2ccccc2F)cc1F. The summed E-state index contributed by atoms with van der Waals surface area (Å²) in [6, 6.07) is 10.8. The second-order valence-electron chi connectivity index (χ2n) is 3.97. The van der Waals surface area contributed by atoms with E-state index in [0.717, 1.165) is 6.42 Å². The molecule has 2 aromatic rings. The largest absolute Gasteiger partial charge is 0.491 e. The first-order chi connectivity index (χ1) is 8.72. The van der Waals surface area contributed by atoms with Crippen molar-refractivity contribution in [3.05, 3.63) is 54.1 Å². The molecular formula is C15H14F2O. The van der Waals surface area contributed by atoms with Gasteiger partial charge in [0.1, 0.15) is 5.82 Å². The number of benzene rings is 2. The van der Waals surface area contributed by atoms with Gasteiger partial charge < -0.3 is 4.74 Å². The van der Waals surface area contributed by atoms with Crippen molar-refractivity contribution in [2.75, 3.05) is 6.61 Å². The Labute approximate surface area is 105 Å². The third-order valence-corrected chi connectivity index (χ3v) is 2.58. The van der Waals surface area contributed by atoms with E-state index in [-0.39, 0.29) is 11.6 Å². The number of halogens is 2. The van der Waals surface area contributed by atoms with Crippen LogP contribution < -0.4 is 4.74 Å². The fourth-order valence-corrected chi connectivity index (χ4v) is 1.69. The van der Waals surface area contributed by atoms with Crippen molar-refractivity contribution >= 4 is 0 Å². The summed E-state index contributed by atoms with van der Waals surface area (Å²) >= 11 is 0. The zero-order valence-corrected chi connectivity index (χ0v) is 10.1. The lowest BCUT2D eigenvalue weighted by atomic mass is 10.0. The molecule has 2 rings (SSSR count). The lowest BCUT2D eigenvalue weighted by molar-refractivity contribution is 0.301. The monoisotopic (exact) mass is 248 g/mol. The first kappa shape index (κ1) is 12.6. The van der Waals surface area contributed by atoms with Crippen LogP contribution in [-0.4, -0.2) is 6.61 Å². The Bertz CT molecular complexity index is 538. The minimum atomic E-state index is -0.468. The van der Waals surface area contributed by atoms with Gasteiger partial charge in [0.2, 0.25) is 0 Å². The molecule has 0 fully saturated rings. The first-order valence-electron chi connectivity index (χ1n) is 5.89. The molecule has 0 saturated carbocycles. The Hall–Kier alpha value is -1.90. The van der Waals surface area contributed by atoms with Gasteiger partial charge in [0, 0.05) is 5.56 Å². The van der Waals surface area contributed by atoms with E-state index in [1.54, 1.807) is 24.3 Å². The van der Waals surface area contributed by atoms with Gasteiger partial charge in [-0.05, 0) is 30.2 Å². The van der Waals surface area contributed by atoms with Gasteiger partial charge in [-0.15, -0.1) is 0 Å². The van der Waals surface area contributed by atoms with Gasteiger partial charge in [0.05, 0.1) is 6.61 Å². The standard InChI is InChI=1S/C15H14F2O/c1-2-9-18-15-8-7-11(10-14(15)17)12-5-3-4-6-13(12)16/h3-8,10H,2,9H2,1H3. The van der Waals surface area contributed by atoms with Crippen LogP contribution in [0.3, 0.4) is 0 Å². The van der Waals surface area contributed by atoms with Gasteiger partial charge in [-0.3, -0.25) is 0 Å². The summed E-state index contributed by atoms with van der Waals surface area (Å²) in [5.41, 5.74) is 0.896. The van der Waals surface area contributed by atoms with Crippen LogP contribution in [0.25, 0.3) is 11.1 Å². The Balaban J connectivity index is 2.32. The van der Waals surface area contributed by atoms with Crippen LogP contribution in [0, 0.1) is 11.6 Å². The summed E-state index contributed by atoms with van der Waals surface area (Å²) in [5, 5.41) is 0. The van der Waals surface area contributed by atoms with E-state index in [1.165, 1.54) is 18.2 Å². The highest BCUT2D eigenvalue weighted by molar-refractivity contribution is 5.65. The highest BCUT2D eigenvalue weighted by Crippen LogP contribution is 2.27. The van der Waals surface area contributed by atoms with E-state index < -0.39 is 5.82 Å². The number of rotatable bonds is 4. The molecule has 3 heteroatoms. The van der Waals surface area contributed by atoms with Gasteiger partial charge >= 0.3 is 0 Å². The summed E-state index contributed by atoms with van der Waals surface area (Å²) < 4.78 is 32.5. The predicted molar refractivity (Wildman–Crippen MR) is 67.6 cm³/mol. The quantitative estimate of drug-likeness (QED) is 0.778. The fourth-order valence-electron chi connectivity index (χ4n) is 1.69. The minimum Gasteiger partial charge on any atom is -0.491 e. The molecule has 0 atom stereocenters. The molecule has 0 bridgehead atoms. The molecule has 18 heavy (non-hydrogen) atoms. The molecule has 0 unspecified atom stereocenters. The van der Waals surface area contributed by atoms with Gasteiger partial charge in [0.15, 0.2) is 11.6 Å². The van der Waals surface area contributed by atoms with Crippen molar-refractivity contribution in [1.29, 1.82) is 0 Å². The molecule has 94 valence electrons. The summed E-state index contributed by atoms with van der Waals surface area (Å²) in [6.45, 7) is 2.42. The summed E-state index contributed by atoms with van der Waals surface area (Å²) in [4.78, 5) is 0. The number of ether oxygens (including phenoxy) is 1. The Kier molecular flexibility index (Phi) is 3.92. The summed E-state index contributed by atoms with van der Waals surface area (Å²) in [6.07, 6.45) is 0.814. The van der Waals surface area contributed by atoms with Gasteiger partial charge in [-0.25, -0.2) is 8.78 Å². The third-order valence-electron chi connectivity index (χ3n) is 2.58. The molecule has 0 spiro atoms. The molecular weight excluding hydrogens is 234 g/mol. The minimum absolute atomic E-state index is 0.205. The molecule has 0 heterocycles. The van der Waals surface area contributed by atoms with Gasteiger partial charge in [-0.2, -0.15) is 0 Å². The third kappa shape index (κ3) is 2.67. The van der Waals surface area contributed by atoms with Crippen molar-refractivity contribution in [2.24, 2.45) is 0 Å². The highest BCUT2D eigenvalue weighted by atomic mass is 19.1. The maximum Gasteiger partial charge on any atom is 0.165 e. The van der Waals surface area contributed by atoms with Crippen LogP contribution in [0.1, 0.15) is 13.3 Å². The maximum atomic E-state index is 13.7. The van der Waals surface area contributed by atoms with Crippen molar-refractivity contribution in [2.45, 2.75) is 13.3 Å². The molecule has 0 N–H and O–H groups in total. The first-order valence-corrected chi connectivity index (χ1v) is 5.89. The second kappa shape index (κ2) is 5.63. The van der Waals surface area contributed by atoms with E-state index in [0.29, 0.717) is 17.7 Å². The predicted octanol–water partition coefficient (Wildman–Crippen LogP) is 4.42. The Morgan fingerprint density at radius 1 is 1.00 bits per heavy atom. The highest BCUT2D eigenvalue weighted by Gasteiger charge is 2.08. The van der Waals surface area contributed by atoms with Crippen LogP contribution in [-0.2, 0) is 0 Å². The molecule has 0 saturated heterocycles. The zero-order chi connectivity index (χ0) is 13.0. The summed E-state index contributed by atoms with van der Waals surface area (Å²) in [5.74, 6) is -0.625. The molecule has 0 aliphatic carbocycles. The number of hydrogen-bond acceptors (Lipinski definition) is 1. The van der Waals surface area contributed by atoms with Gasteiger partial charge in [-0.1, -0.05) is 31.2 Å². The van der Waals surface area contributed by atoms with Crippen molar-refractivity contribution < 1.29 is 13.5 Å².